The molecule has 1 rings (SSSR count). The van der Waals surface area contributed by atoms with Gasteiger partial charge in [0.25, 0.3) is 0 Å². The molecule has 0 spiro atoms. The van der Waals surface area contributed by atoms with Crippen LogP contribution in [0.5, 0.6) is 0 Å². The predicted octanol–water partition coefficient (Wildman–Crippen LogP) is 10.4. The summed E-state index contributed by atoms with van der Waals surface area (Å²) < 4.78 is 11.7. The van der Waals surface area contributed by atoms with Gasteiger partial charge in [0.2, 0.25) is 0 Å². The lowest BCUT2D eigenvalue weighted by Crippen LogP contribution is -2.32. The Morgan fingerprint density at radius 3 is 1.90 bits per heavy atom. The van der Waals surface area contributed by atoms with E-state index in [9.17, 15) is 9.59 Å². The van der Waals surface area contributed by atoms with Crippen LogP contribution in [0.3, 0.4) is 0 Å². The Bertz CT molecular complexity index is 645. The number of carbonyl (C=O) groups excluding carboxylic acids is 2. The molecular formula is C35H64O4. The van der Waals surface area contributed by atoms with Crippen molar-refractivity contribution in [3.05, 3.63) is 12.7 Å². The van der Waals surface area contributed by atoms with E-state index in [2.05, 4.69) is 27.4 Å². The Morgan fingerprint density at radius 2 is 1.41 bits per heavy atom. The fourth-order valence-corrected chi connectivity index (χ4v) is 6.16. The minimum Gasteiger partial charge on any atom is -0.462 e. The van der Waals surface area contributed by atoms with Crippen LogP contribution in [-0.2, 0) is 19.1 Å². The van der Waals surface area contributed by atoms with Crippen molar-refractivity contribution in [3.63, 3.8) is 0 Å². The summed E-state index contributed by atoms with van der Waals surface area (Å²) in [6.07, 6.45) is 25.1. The topological polar surface area (TPSA) is 52.6 Å². The van der Waals surface area contributed by atoms with Crippen molar-refractivity contribution in [1.82, 2.24) is 0 Å². The number of unbranched alkanes of at least 4 members (excludes halogenated alkanes) is 11. The van der Waals surface area contributed by atoms with E-state index in [0.29, 0.717) is 6.42 Å². The van der Waals surface area contributed by atoms with E-state index in [1.54, 1.807) is 0 Å². The number of rotatable bonds is 26. The first-order chi connectivity index (χ1) is 18.8. The maximum Gasteiger partial charge on any atom is 0.306 e. The van der Waals surface area contributed by atoms with E-state index in [-0.39, 0.29) is 36.0 Å². The van der Waals surface area contributed by atoms with Crippen LogP contribution < -0.4 is 0 Å². The van der Waals surface area contributed by atoms with Crippen molar-refractivity contribution in [1.29, 1.82) is 0 Å². The monoisotopic (exact) mass is 548 g/mol. The van der Waals surface area contributed by atoms with Crippen molar-refractivity contribution in [2.45, 2.75) is 175 Å². The second kappa shape index (κ2) is 22.4. The first-order valence-corrected chi connectivity index (χ1v) is 16.8. The molecule has 1 aliphatic rings. The molecule has 0 radical (unpaired) electrons. The molecule has 0 saturated heterocycles. The Hall–Kier alpha value is -1.32. The predicted molar refractivity (Wildman–Crippen MR) is 165 cm³/mol. The number of hydrogen-bond acceptors (Lipinski definition) is 4. The van der Waals surface area contributed by atoms with Gasteiger partial charge in [0.15, 0.2) is 0 Å². The van der Waals surface area contributed by atoms with E-state index in [4.69, 9.17) is 9.47 Å². The number of ether oxygens (including phenoxy) is 2. The molecule has 1 aliphatic carbocycles. The van der Waals surface area contributed by atoms with Crippen molar-refractivity contribution < 1.29 is 19.1 Å². The number of allylic oxidation sites excluding steroid dienone is 1. The molecule has 1 fully saturated rings. The van der Waals surface area contributed by atoms with Crippen LogP contribution in [0.25, 0.3) is 0 Å². The van der Waals surface area contributed by atoms with Crippen LogP contribution in [0.2, 0.25) is 0 Å². The van der Waals surface area contributed by atoms with Gasteiger partial charge in [0.05, 0.1) is 0 Å². The summed E-state index contributed by atoms with van der Waals surface area (Å²) in [6, 6.07) is 0. The van der Waals surface area contributed by atoms with Gasteiger partial charge in [-0.2, -0.15) is 0 Å². The first-order valence-electron chi connectivity index (χ1n) is 16.8. The lowest BCUT2D eigenvalue weighted by Gasteiger charge is -2.30. The zero-order valence-electron chi connectivity index (χ0n) is 26.5. The average Bonchev–Trinajstić information content (AvgIpc) is 3.60. The van der Waals surface area contributed by atoms with Gasteiger partial charge in [-0.1, -0.05) is 111 Å². The number of esters is 2. The molecule has 228 valence electrons. The summed E-state index contributed by atoms with van der Waals surface area (Å²) in [5.41, 5.74) is 0. The van der Waals surface area contributed by atoms with Gasteiger partial charge in [-0.25, -0.2) is 0 Å². The Balaban J connectivity index is 2.48. The van der Waals surface area contributed by atoms with Gasteiger partial charge < -0.3 is 9.47 Å². The molecule has 0 bridgehead atoms. The van der Waals surface area contributed by atoms with E-state index < -0.39 is 0 Å². The van der Waals surface area contributed by atoms with Crippen LogP contribution in [-0.4, -0.2) is 24.1 Å². The van der Waals surface area contributed by atoms with Crippen LogP contribution >= 0.6 is 0 Å². The molecule has 4 heteroatoms. The summed E-state index contributed by atoms with van der Waals surface area (Å²) in [7, 11) is 0. The van der Waals surface area contributed by atoms with Gasteiger partial charge in [-0.15, -0.1) is 6.58 Å². The molecule has 0 amide bonds. The molecule has 6 atom stereocenters. The SMILES string of the molecule is C=CCC(C(C)CC(=O)OC(CCCCCCCCC)CCCCCCCCC1CC1C)C(CC)OC(C)=O. The van der Waals surface area contributed by atoms with E-state index in [0.717, 1.165) is 50.4 Å². The fraction of sp³-hybridized carbons (Fsp3) is 0.886. The second-order valence-corrected chi connectivity index (χ2v) is 12.6. The van der Waals surface area contributed by atoms with E-state index in [1.807, 2.05) is 13.0 Å². The number of hydrogen-bond donors (Lipinski definition) is 0. The summed E-state index contributed by atoms with van der Waals surface area (Å²) in [4.78, 5) is 24.7. The summed E-state index contributed by atoms with van der Waals surface area (Å²) in [5, 5.41) is 0. The van der Waals surface area contributed by atoms with E-state index in [1.165, 1.54) is 90.4 Å². The zero-order chi connectivity index (χ0) is 28.9. The largest absolute Gasteiger partial charge is 0.462 e. The highest BCUT2D eigenvalue weighted by Gasteiger charge is 2.31. The van der Waals surface area contributed by atoms with Gasteiger partial charge in [0.1, 0.15) is 12.2 Å². The zero-order valence-corrected chi connectivity index (χ0v) is 26.5. The molecule has 1 saturated carbocycles. The molecule has 39 heavy (non-hydrogen) atoms. The number of carbonyl (C=O) groups is 2. The Labute approximate surface area is 242 Å². The van der Waals surface area contributed by atoms with Crippen molar-refractivity contribution in [2.24, 2.45) is 23.7 Å². The smallest absolute Gasteiger partial charge is 0.306 e. The Morgan fingerprint density at radius 1 is 0.872 bits per heavy atom. The maximum absolute atomic E-state index is 13.0. The second-order valence-electron chi connectivity index (χ2n) is 12.6. The normalized spacial score (nSPS) is 19.6. The highest BCUT2D eigenvalue weighted by Crippen LogP contribution is 2.41. The van der Waals surface area contributed by atoms with Crippen molar-refractivity contribution >= 4 is 11.9 Å². The van der Waals surface area contributed by atoms with Crippen LogP contribution in [0.15, 0.2) is 12.7 Å². The maximum atomic E-state index is 13.0. The lowest BCUT2D eigenvalue weighted by atomic mass is 9.83. The summed E-state index contributed by atoms with van der Waals surface area (Å²) in [5.74, 6) is 1.79. The van der Waals surface area contributed by atoms with Crippen LogP contribution in [0.1, 0.15) is 163 Å². The fourth-order valence-electron chi connectivity index (χ4n) is 6.16. The molecule has 6 unspecified atom stereocenters. The van der Waals surface area contributed by atoms with Gasteiger partial charge in [-0.05, 0) is 62.7 Å². The molecule has 0 heterocycles. The molecule has 0 aromatic rings. The third kappa shape index (κ3) is 17.9. The van der Waals surface area contributed by atoms with Crippen LogP contribution in [0, 0.1) is 23.7 Å². The molecule has 0 aliphatic heterocycles. The molecule has 0 aromatic heterocycles. The summed E-state index contributed by atoms with van der Waals surface area (Å²) >= 11 is 0. The minimum absolute atomic E-state index is 0.0324. The third-order valence-electron chi connectivity index (χ3n) is 8.91. The van der Waals surface area contributed by atoms with Crippen molar-refractivity contribution in [2.75, 3.05) is 0 Å². The minimum atomic E-state index is -0.266. The third-order valence-corrected chi connectivity index (χ3v) is 8.91. The molecule has 0 aromatic carbocycles. The first kappa shape index (κ1) is 35.7. The van der Waals surface area contributed by atoms with Gasteiger partial charge >= 0.3 is 11.9 Å². The van der Waals surface area contributed by atoms with Gasteiger partial charge in [-0.3, -0.25) is 9.59 Å². The lowest BCUT2D eigenvalue weighted by molar-refractivity contribution is -0.153. The highest BCUT2D eigenvalue weighted by atomic mass is 16.5. The van der Waals surface area contributed by atoms with Gasteiger partial charge in [0, 0.05) is 19.3 Å². The highest BCUT2D eigenvalue weighted by molar-refractivity contribution is 5.70. The molecule has 0 N–H and O–H groups in total. The van der Waals surface area contributed by atoms with Crippen LogP contribution in [0.4, 0.5) is 0 Å². The summed E-state index contributed by atoms with van der Waals surface area (Å²) in [6.45, 7) is 14.1. The quantitative estimate of drug-likeness (QED) is 0.0613. The molecule has 4 nitrogen and oxygen atoms in total. The molecular weight excluding hydrogens is 484 g/mol. The Kier molecular flexibility index (Phi) is 20.5. The van der Waals surface area contributed by atoms with Crippen molar-refractivity contribution in [3.8, 4) is 0 Å². The van der Waals surface area contributed by atoms with E-state index >= 15 is 0 Å². The average molecular weight is 549 g/mol. The standard InChI is InChI=1S/C35H64O4/c1-7-10-11-12-13-17-20-24-32(25-21-18-15-14-16-19-23-31-26-28(31)4)39-35(37)27-29(5)33(22-8-2)34(9-3)38-30(6)36/h8,28-29,31-34H,2,7,9-27H2,1,3-6H3.